The summed E-state index contributed by atoms with van der Waals surface area (Å²) < 4.78 is 10.6. The van der Waals surface area contributed by atoms with Crippen molar-refractivity contribution in [1.29, 1.82) is 0 Å². The Balaban J connectivity index is 1.94. The maximum absolute atomic E-state index is 11.7. The van der Waals surface area contributed by atoms with E-state index in [4.69, 9.17) is 15.2 Å². The number of ether oxygens (including phenoxy) is 2. The average molecular weight is 221 g/mol. The Morgan fingerprint density at radius 1 is 1.38 bits per heavy atom. The van der Waals surface area contributed by atoms with E-state index < -0.39 is 0 Å². The molecule has 16 heavy (non-hydrogen) atoms. The molecule has 0 amide bonds. The van der Waals surface area contributed by atoms with Gasteiger partial charge in [0.2, 0.25) is 0 Å². The number of nitrogen functional groups attached to an aromatic ring is 1. The van der Waals surface area contributed by atoms with Crippen molar-refractivity contribution in [2.24, 2.45) is 0 Å². The first-order valence-electron chi connectivity index (χ1n) is 5.40. The zero-order valence-electron chi connectivity index (χ0n) is 9.02. The number of hydrogen-bond acceptors (Lipinski definition) is 4. The summed E-state index contributed by atoms with van der Waals surface area (Å²) in [5.41, 5.74) is 6.70. The molecule has 1 aliphatic heterocycles. The molecular weight excluding hydrogens is 206 g/mol. The molecule has 0 aromatic heterocycles. The molecule has 4 heteroatoms. The summed E-state index contributed by atoms with van der Waals surface area (Å²) in [6.45, 7) is 1.26. The van der Waals surface area contributed by atoms with Crippen LogP contribution < -0.4 is 5.73 Å². The van der Waals surface area contributed by atoms with E-state index in [1.165, 1.54) is 0 Å². The maximum Gasteiger partial charge on any atom is 0.338 e. The first kappa shape index (κ1) is 11.0. The van der Waals surface area contributed by atoms with E-state index in [1.807, 2.05) is 0 Å². The third-order valence-corrected chi connectivity index (χ3v) is 2.54. The first-order chi connectivity index (χ1) is 7.75. The number of esters is 1. The van der Waals surface area contributed by atoms with Crippen LogP contribution in [-0.4, -0.2) is 25.3 Å². The van der Waals surface area contributed by atoms with E-state index in [0.717, 1.165) is 19.4 Å². The highest BCUT2D eigenvalue weighted by Crippen LogP contribution is 2.13. The van der Waals surface area contributed by atoms with Gasteiger partial charge >= 0.3 is 5.97 Å². The molecule has 1 unspecified atom stereocenters. The van der Waals surface area contributed by atoms with Gasteiger partial charge in [0.05, 0.1) is 12.2 Å². The van der Waals surface area contributed by atoms with Gasteiger partial charge in [-0.1, -0.05) is 0 Å². The van der Waals surface area contributed by atoms with Gasteiger partial charge in [0.15, 0.2) is 0 Å². The van der Waals surface area contributed by atoms with Crippen LogP contribution in [0.25, 0.3) is 0 Å². The molecule has 86 valence electrons. The van der Waals surface area contributed by atoms with Gasteiger partial charge in [0.1, 0.15) is 6.10 Å². The predicted molar refractivity (Wildman–Crippen MR) is 60.1 cm³/mol. The highest BCUT2D eigenvalue weighted by atomic mass is 16.6. The lowest BCUT2D eigenvalue weighted by Crippen LogP contribution is -2.28. The minimum Gasteiger partial charge on any atom is -0.456 e. The van der Waals surface area contributed by atoms with Crippen molar-refractivity contribution >= 4 is 11.7 Å². The fourth-order valence-corrected chi connectivity index (χ4v) is 1.64. The van der Waals surface area contributed by atoms with Gasteiger partial charge in [-0.15, -0.1) is 0 Å². The van der Waals surface area contributed by atoms with Crippen LogP contribution in [0.4, 0.5) is 5.69 Å². The lowest BCUT2D eigenvalue weighted by atomic mass is 10.1. The Morgan fingerprint density at radius 3 is 2.75 bits per heavy atom. The molecule has 1 aromatic carbocycles. The van der Waals surface area contributed by atoms with Crippen LogP contribution in [0.5, 0.6) is 0 Å². The van der Waals surface area contributed by atoms with Crippen molar-refractivity contribution in [2.45, 2.75) is 18.9 Å². The van der Waals surface area contributed by atoms with Crippen LogP contribution in [0.3, 0.4) is 0 Å². The van der Waals surface area contributed by atoms with E-state index in [2.05, 4.69) is 0 Å². The summed E-state index contributed by atoms with van der Waals surface area (Å²) in [5, 5.41) is 0. The standard InChI is InChI=1S/C12H15NO3/c13-10-5-3-9(4-6-10)12(14)16-11-2-1-7-15-8-11/h3-6,11H,1-2,7-8,13H2. The molecule has 1 aromatic rings. The molecule has 0 radical (unpaired) electrons. The average Bonchev–Trinajstić information content (AvgIpc) is 2.31. The highest BCUT2D eigenvalue weighted by molar-refractivity contribution is 5.89. The van der Waals surface area contributed by atoms with Crippen LogP contribution in [0, 0.1) is 0 Å². The molecule has 1 heterocycles. The smallest absolute Gasteiger partial charge is 0.338 e. The van der Waals surface area contributed by atoms with E-state index in [1.54, 1.807) is 24.3 Å². The van der Waals surface area contributed by atoms with Gasteiger partial charge in [-0.05, 0) is 37.1 Å². The van der Waals surface area contributed by atoms with Gasteiger partial charge in [-0.3, -0.25) is 0 Å². The van der Waals surface area contributed by atoms with Crippen molar-refractivity contribution in [3.05, 3.63) is 29.8 Å². The van der Waals surface area contributed by atoms with Gasteiger partial charge in [0.25, 0.3) is 0 Å². The van der Waals surface area contributed by atoms with Gasteiger partial charge in [0, 0.05) is 12.3 Å². The zero-order chi connectivity index (χ0) is 11.4. The maximum atomic E-state index is 11.7. The normalized spacial score (nSPS) is 20.4. The number of benzene rings is 1. The Labute approximate surface area is 94.3 Å². The van der Waals surface area contributed by atoms with Crippen molar-refractivity contribution in [3.63, 3.8) is 0 Å². The van der Waals surface area contributed by atoms with Crippen LogP contribution >= 0.6 is 0 Å². The Morgan fingerprint density at radius 2 is 2.12 bits per heavy atom. The van der Waals surface area contributed by atoms with Gasteiger partial charge in [-0.2, -0.15) is 0 Å². The Kier molecular flexibility index (Phi) is 3.41. The highest BCUT2D eigenvalue weighted by Gasteiger charge is 2.18. The largest absolute Gasteiger partial charge is 0.456 e. The zero-order valence-corrected chi connectivity index (χ0v) is 9.02. The van der Waals surface area contributed by atoms with Crippen molar-refractivity contribution in [2.75, 3.05) is 18.9 Å². The van der Waals surface area contributed by atoms with Crippen molar-refractivity contribution in [3.8, 4) is 0 Å². The molecule has 0 saturated carbocycles. The van der Waals surface area contributed by atoms with Crippen LogP contribution in [0.1, 0.15) is 23.2 Å². The molecule has 2 rings (SSSR count). The second-order valence-corrected chi connectivity index (χ2v) is 3.87. The number of rotatable bonds is 2. The quantitative estimate of drug-likeness (QED) is 0.608. The van der Waals surface area contributed by atoms with Crippen LogP contribution in [0.2, 0.25) is 0 Å². The van der Waals surface area contributed by atoms with Crippen LogP contribution in [-0.2, 0) is 9.47 Å². The number of nitrogens with two attached hydrogens (primary N) is 1. The van der Waals surface area contributed by atoms with Gasteiger partial charge < -0.3 is 15.2 Å². The molecule has 1 fully saturated rings. The lowest BCUT2D eigenvalue weighted by Gasteiger charge is -2.22. The molecule has 0 spiro atoms. The number of carbonyl (C=O) groups excluding carboxylic acids is 1. The lowest BCUT2D eigenvalue weighted by molar-refractivity contribution is -0.0305. The summed E-state index contributed by atoms with van der Waals surface area (Å²) in [4.78, 5) is 11.7. The van der Waals surface area contributed by atoms with Crippen molar-refractivity contribution in [1.82, 2.24) is 0 Å². The third kappa shape index (κ3) is 2.73. The second-order valence-electron chi connectivity index (χ2n) is 3.87. The van der Waals surface area contributed by atoms with E-state index in [9.17, 15) is 4.79 Å². The first-order valence-corrected chi connectivity index (χ1v) is 5.40. The molecule has 1 saturated heterocycles. The topological polar surface area (TPSA) is 61.6 Å². The molecule has 4 nitrogen and oxygen atoms in total. The summed E-state index contributed by atoms with van der Waals surface area (Å²) in [7, 11) is 0. The summed E-state index contributed by atoms with van der Waals surface area (Å²) in [6.07, 6.45) is 1.71. The van der Waals surface area contributed by atoms with E-state index in [-0.39, 0.29) is 12.1 Å². The minimum atomic E-state index is -0.310. The molecule has 1 atom stereocenters. The number of hydrogen-bond donors (Lipinski definition) is 1. The fraction of sp³-hybridized carbons (Fsp3) is 0.417. The van der Waals surface area contributed by atoms with E-state index >= 15 is 0 Å². The summed E-state index contributed by atoms with van der Waals surface area (Å²) >= 11 is 0. The molecular formula is C12H15NO3. The molecule has 0 aliphatic carbocycles. The van der Waals surface area contributed by atoms with Crippen LogP contribution in [0.15, 0.2) is 24.3 Å². The summed E-state index contributed by atoms with van der Waals surface area (Å²) in [6, 6.07) is 6.71. The Hall–Kier alpha value is -1.55. The third-order valence-electron chi connectivity index (χ3n) is 2.54. The number of anilines is 1. The number of carbonyl (C=O) groups is 1. The van der Waals surface area contributed by atoms with Crippen molar-refractivity contribution < 1.29 is 14.3 Å². The second kappa shape index (κ2) is 4.99. The minimum absolute atomic E-state index is 0.112. The SMILES string of the molecule is Nc1ccc(C(=O)OC2CCCOC2)cc1. The Bertz CT molecular complexity index is 355. The summed E-state index contributed by atoms with van der Waals surface area (Å²) in [5.74, 6) is -0.310. The van der Waals surface area contributed by atoms with Gasteiger partial charge in [-0.25, -0.2) is 4.79 Å². The molecule has 2 N–H and O–H groups in total. The molecule has 1 aliphatic rings. The fourth-order valence-electron chi connectivity index (χ4n) is 1.64. The molecule has 0 bridgehead atoms. The monoisotopic (exact) mass is 221 g/mol. The van der Waals surface area contributed by atoms with E-state index in [0.29, 0.717) is 17.9 Å². The predicted octanol–water partition coefficient (Wildman–Crippen LogP) is 1.60.